The van der Waals surface area contributed by atoms with Crippen LogP contribution in [0.25, 0.3) is 0 Å². The van der Waals surface area contributed by atoms with E-state index in [1.165, 1.54) is 36.2 Å². The van der Waals surface area contributed by atoms with Crippen molar-refractivity contribution in [3.63, 3.8) is 0 Å². The Balaban J connectivity index is 1.68. The zero-order chi connectivity index (χ0) is 16.4. The van der Waals surface area contributed by atoms with Crippen LogP contribution in [0, 0.1) is 0 Å². The van der Waals surface area contributed by atoms with E-state index in [1.807, 2.05) is 0 Å². The molecular formula is C21H24N2O. The van der Waals surface area contributed by atoms with E-state index in [4.69, 9.17) is 9.73 Å². The van der Waals surface area contributed by atoms with E-state index in [-0.39, 0.29) is 0 Å². The topological polar surface area (TPSA) is 24.8 Å². The second-order valence-corrected chi connectivity index (χ2v) is 6.60. The van der Waals surface area contributed by atoms with Gasteiger partial charge in [-0.1, -0.05) is 42.5 Å². The molecule has 3 heteroatoms. The lowest BCUT2D eigenvalue weighted by atomic mass is 10.0. The van der Waals surface area contributed by atoms with Gasteiger partial charge in [0.15, 0.2) is 0 Å². The van der Waals surface area contributed by atoms with Gasteiger partial charge in [-0.05, 0) is 42.5 Å². The molecule has 1 unspecified atom stereocenters. The van der Waals surface area contributed by atoms with Crippen molar-refractivity contribution in [2.45, 2.75) is 37.8 Å². The Kier molecular flexibility index (Phi) is 4.24. The van der Waals surface area contributed by atoms with Gasteiger partial charge in [0.2, 0.25) is 0 Å². The summed E-state index contributed by atoms with van der Waals surface area (Å²) in [5.41, 5.74) is 2.77. The van der Waals surface area contributed by atoms with E-state index in [9.17, 15) is 0 Å². The third-order valence-electron chi connectivity index (χ3n) is 5.22. The molecule has 0 bridgehead atoms. The van der Waals surface area contributed by atoms with Crippen LogP contribution in [0.1, 0.15) is 48.9 Å². The maximum absolute atomic E-state index is 5.31. The number of likely N-dealkylation sites (tertiary alicyclic amines) is 1. The molecule has 2 aromatic rings. The molecule has 0 aromatic heterocycles. The van der Waals surface area contributed by atoms with Gasteiger partial charge in [-0.3, -0.25) is 4.99 Å². The molecule has 2 atom stereocenters. The molecule has 2 aliphatic rings. The molecule has 0 spiro atoms. The van der Waals surface area contributed by atoms with Gasteiger partial charge in [-0.25, -0.2) is 0 Å². The third-order valence-corrected chi connectivity index (χ3v) is 5.22. The Bertz CT molecular complexity index is 708. The summed E-state index contributed by atoms with van der Waals surface area (Å²) < 4.78 is 5.31. The molecule has 0 aliphatic carbocycles. The SMILES string of the molecule is COc1ccc([C@@H]2CCC(c3ccccc3)N2C2=NCCC2)cc1. The first-order chi connectivity index (χ1) is 11.9. The average molecular weight is 320 g/mol. The Morgan fingerprint density at radius 3 is 2.17 bits per heavy atom. The summed E-state index contributed by atoms with van der Waals surface area (Å²) >= 11 is 0. The van der Waals surface area contributed by atoms with Crippen LogP contribution in [0.15, 0.2) is 59.6 Å². The van der Waals surface area contributed by atoms with Crippen molar-refractivity contribution in [3.8, 4) is 5.75 Å². The lowest BCUT2D eigenvalue weighted by molar-refractivity contribution is 0.318. The lowest BCUT2D eigenvalue weighted by Gasteiger charge is -2.33. The molecule has 4 rings (SSSR count). The Morgan fingerprint density at radius 2 is 1.58 bits per heavy atom. The highest BCUT2D eigenvalue weighted by Crippen LogP contribution is 2.45. The fourth-order valence-corrected chi connectivity index (χ4v) is 4.06. The van der Waals surface area contributed by atoms with E-state index in [1.54, 1.807) is 7.11 Å². The van der Waals surface area contributed by atoms with Crippen LogP contribution >= 0.6 is 0 Å². The van der Waals surface area contributed by atoms with E-state index >= 15 is 0 Å². The van der Waals surface area contributed by atoms with Crippen LogP contribution in [-0.2, 0) is 0 Å². The summed E-state index contributed by atoms with van der Waals surface area (Å²) in [5.74, 6) is 2.21. The molecule has 2 aromatic carbocycles. The Labute approximate surface area is 144 Å². The second-order valence-electron chi connectivity index (χ2n) is 6.60. The zero-order valence-electron chi connectivity index (χ0n) is 14.2. The third kappa shape index (κ3) is 2.79. The van der Waals surface area contributed by atoms with Crippen LogP contribution < -0.4 is 4.74 Å². The number of methoxy groups -OCH3 is 1. The summed E-state index contributed by atoms with van der Waals surface area (Å²) in [6, 6.07) is 20.3. The molecular weight excluding hydrogens is 296 g/mol. The molecule has 0 radical (unpaired) electrons. The van der Waals surface area contributed by atoms with Crippen LogP contribution in [0.4, 0.5) is 0 Å². The van der Waals surface area contributed by atoms with Gasteiger partial charge < -0.3 is 9.64 Å². The van der Waals surface area contributed by atoms with Gasteiger partial charge in [0.1, 0.15) is 5.75 Å². The Hall–Kier alpha value is -2.29. The van der Waals surface area contributed by atoms with E-state index in [0.29, 0.717) is 12.1 Å². The first kappa shape index (κ1) is 15.3. The van der Waals surface area contributed by atoms with Gasteiger partial charge >= 0.3 is 0 Å². The molecule has 1 saturated heterocycles. The van der Waals surface area contributed by atoms with Gasteiger partial charge in [0, 0.05) is 13.0 Å². The molecule has 2 aliphatic heterocycles. The summed E-state index contributed by atoms with van der Waals surface area (Å²) in [6.07, 6.45) is 4.64. The maximum atomic E-state index is 5.31. The molecule has 0 saturated carbocycles. The lowest BCUT2D eigenvalue weighted by Crippen LogP contribution is -2.31. The van der Waals surface area contributed by atoms with Crippen molar-refractivity contribution in [2.75, 3.05) is 13.7 Å². The molecule has 3 nitrogen and oxygen atoms in total. The predicted molar refractivity (Wildman–Crippen MR) is 97.5 cm³/mol. The van der Waals surface area contributed by atoms with Gasteiger partial charge in [-0.15, -0.1) is 0 Å². The van der Waals surface area contributed by atoms with Crippen LogP contribution in [0.5, 0.6) is 5.75 Å². The summed E-state index contributed by atoms with van der Waals surface area (Å²) in [5, 5.41) is 0. The van der Waals surface area contributed by atoms with Crippen molar-refractivity contribution in [1.29, 1.82) is 0 Å². The van der Waals surface area contributed by atoms with Crippen molar-refractivity contribution >= 4 is 5.84 Å². The molecule has 1 fully saturated rings. The number of aliphatic imine (C=N–C) groups is 1. The monoisotopic (exact) mass is 320 g/mol. The number of nitrogens with zero attached hydrogens (tertiary/aromatic N) is 2. The average Bonchev–Trinajstić information content (AvgIpc) is 3.32. The number of rotatable bonds is 3. The van der Waals surface area contributed by atoms with E-state index in [0.717, 1.165) is 18.7 Å². The smallest absolute Gasteiger partial charge is 0.118 e. The number of hydrogen-bond acceptors (Lipinski definition) is 3. The summed E-state index contributed by atoms with van der Waals surface area (Å²) in [7, 11) is 1.72. The minimum atomic E-state index is 0.415. The number of ether oxygens (including phenoxy) is 1. The maximum Gasteiger partial charge on any atom is 0.118 e. The first-order valence-electron chi connectivity index (χ1n) is 8.87. The van der Waals surface area contributed by atoms with E-state index < -0.39 is 0 Å². The van der Waals surface area contributed by atoms with Crippen LogP contribution in [0.3, 0.4) is 0 Å². The minimum absolute atomic E-state index is 0.415. The minimum Gasteiger partial charge on any atom is -0.497 e. The molecule has 0 amide bonds. The van der Waals surface area contributed by atoms with Crippen molar-refractivity contribution in [2.24, 2.45) is 4.99 Å². The standard InChI is InChI=1S/C21H24N2O/c1-24-18-11-9-17(10-12-18)20-14-13-19(16-6-3-2-4-7-16)23(20)21-8-5-15-22-21/h2-4,6-7,9-12,19-20H,5,8,13-15H2,1H3/t19?,20-/m0/s1. The van der Waals surface area contributed by atoms with Crippen molar-refractivity contribution < 1.29 is 4.74 Å². The Morgan fingerprint density at radius 1 is 0.917 bits per heavy atom. The van der Waals surface area contributed by atoms with E-state index in [2.05, 4.69) is 59.5 Å². The fourth-order valence-electron chi connectivity index (χ4n) is 4.06. The van der Waals surface area contributed by atoms with Crippen LogP contribution in [0.2, 0.25) is 0 Å². The van der Waals surface area contributed by atoms with Crippen molar-refractivity contribution in [3.05, 3.63) is 65.7 Å². The molecule has 0 N–H and O–H groups in total. The second kappa shape index (κ2) is 6.68. The highest BCUT2D eigenvalue weighted by molar-refractivity contribution is 5.85. The number of benzene rings is 2. The number of amidine groups is 1. The number of hydrogen-bond donors (Lipinski definition) is 0. The summed E-state index contributed by atoms with van der Waals surface area (Å²) in [6.45, 7) is 0.975. The molecule has 124 valence electrons. The quantitative estimate of drug-likeness (QED) is 0.814. The molecule has 2 heterocycles. The summed E-state index contributed by atoms with van der Waals surface area (Å²) in [4.78, 5) is 7.41. The van der Waals surface area contributed by atoms with Gasteiger partial charge in [0.25, 0.3) is 0 Å². The van der Waals surface area contributed by atoms with Gasteiger partial charge in [-0.2, -0.15) is 0 Å². The van der Waals surface area contributed by atoms with Gasteiger partial charge in [0.05, 0.1) is 25.0 Å². The van der Waals surface area contributed by atoms with Crippen molar-refractivity contribution in [1.82, 2.24) is 4.90 Å². The predicted octanol–water partition coefficient (Wildman–Crippen LogP) is 4.77. The zero-order valence-corrected chi connectivity index (χ0v) is 14.2. The largest absolute Gasteiger partial charge is 0.497 e. The molecule has 24 heavy (non-hydrogen) atoms. The normalized spacial score (nSPS) is 23.4. The fraction of sp³-hybridized carbons (Fsp3) is 0.381. The highest BCUT2D eigenvalue weighted by Gasteiger charge is 2.37. The highest BCUT2D eigenvalue weighted by atomic mass is 16.5. The first-order valence-corrected chi connectivity index (χ1v) is 8.87. The van der Waals surface area contributed by atoms with Crippen LogP contribution in [-0.4, -0.2) is 24.4 Å².